The fourth-order valence-electron chi connectivity index (χ4n) is 3.40. The second-order valence-corrected chi connectivity index (χ2v) is 10.3. The maximum atomic E-state index is 13.4. The molecule has 0 aliphatic heterocycles. The van der Waals surface area contributed by atoms with Gasteiger partial charge in [0, 0.05) is 23.6 Å². The summed E-state index contributed by atoms with van der Waals surface area (Å²) in [6.45, 7) is 4.68. The largest absolute Gasteiger partial charge is 0.357 e. The number of nitrogens with zero attached hydrogens (tertiary/aromatic N) is 2. The van der Waals surface area contributed by atoms with Gasteiger partial charge in [0.05, 0.1) is 11.9 Å². The fourth-order valence-corrected chi connectivity index (χ4v) is 4.83. The predicted molar refractivity (Wildman–Crippen MR) is 129 cm³/mol. The zero-order chi connectivity index (χ0) is 24.2. The van der Waals surface area contributed by atoms with Gasteiger partial charge >= 0.3 is 0 Å². The first-order chi connectivity index (χ1) is 14.9. The van der Waals surface area contributed by atoms with Crippen LogP contribution in [0.3, 0.4) is 0 Å². The Balaban J connectivity index is 2.48. The van der Waals surface area contributed by atoms with Crippen LogP contribution < -0.4 is 9.62 Å². The number of halogens is 2. The highest BCUT2D eigenvalue weighted by atomic mass is 35.5. The molecule has 0 aliphatic rings. The second-order valence-electron chi connectivity index (χ2n) is 7.56. The number of aryl methyl sites for hydroxylation is 2. The van der Waals surface area contributed by atoms with E-state index in [-0.39, 0.29) is 12.5 Å². The summed E-state index contributed by atoms with van der Waals surface area (Å²) in [6.07, 6.45) is 1.05. The molecule has 0 radical (unpaired) electrons. The molecule has 10 heteroatoms. The molecule has 0 spiro atoms. The summed E-state index contributed by atoms with van der Waals surface area (Å²) in [4.78, 5) is 27.1. The Labute approximate surface area is 199 Å². The summed E-state index contributed by atoms with van der Waals surface area (Å²) in [7, 11) is -2.32. The fraction of sp³-hybridized carbons (Fsp3) is 0.364. The Morgan fingerprint density at radius 3 is 2.19 bits per heavy atom. The van der Waals surface area contributed by atoms with Gasteiger partial charge < -0.3 is 10.2 Å². The van der Waals surface area contributed by atoms with Gasteiger partial charge in [0.25, 0.3) is 0 Å². The maximum absolute atomic E-state index is 13.4. The van der Waals surface area contributed by atoms with E-state index < -0.39 is 28.5 Å². The van der Waals surface area contributed by atoms with Gasteiger partial charge in [-0.15, -0.1) is 0 Å². The highest BCUT2D eigenvalue weighted by molar-refractivity contribution is 7.92. The molecule has 2 aromatic carbocycles. The first-order valence-corrected chi connectivity index (χ1v) is 12.5. The molecule has 1 atom stereocenters. The molecule has 0 aliphatic carbocycles. The van der Waals surface area contributed by atoms with Gasteiger partial charge in [0.15, 0.2) is 0 Å². The molecule has 0 heterocycles. The molecule has 0 unspecified atom stereocenters. The van der Waals surface area contributed by atoms with E-state index in [1.165, 1.54) is 11.9 Å². The molecule has 32 heavy (non-hydrogen) atoms. The van der Waals surface area contributed by atoms with E-state index in [2.05, 4.69) is 5.32 Å². The lowest BCUT2D eigenvalue weighted by Crippen LogP contribution is -2.50. The van der Waals surface area contributed by atoms with Gasteiger partial charge in [-0.2, -0.15) is 0 Å². The van der Waals surface area contributed by atoms with Gasteiger partial charge in [-0.25, -0.2) is 8.42 Å². The summed E-state index contributed by atoms with van der Waals surface area (Å²) in [5, 5.41) is 3.31. The number of benzene rings is 2. The zero-order valence-corrected chi connectivity index (χ0v) is 21.0. The van der Waals surface area contributed by atoms with Crippen molar-refractivity contribution in [1.29, 1.82) is 0 Å². The number of hydrogen-bond donors (Lipinski definition) is 1. The summed E-state index contributed by atoms with van der Waals surface area (Å²) in [5.74, 6) is -0.929. The van der Waals surface area contributed by atoms with E-state index in [9.17, 15) is 18.0 Å². The highest BCUT2D eigenvalue weighted by Gasteiger charge is 2.31. The summed E-state index contributed by atoms with van der Waals surface area (Å²) < 4.78 is 26.4. The standard InChI is InChI=1S/C22H27Cl2N3O4S/c1-14-7-6-8-15(2)21(14)27(32(5,30)31)13-20(28)26(16(3)22(29)25-4)12-17-9-10-18(23)11-19(17)24/h6-11,16H,12-13H2,1-5H3,(H,25,29)/t16-/m0/s1. The molecule has 0 aromatic heterocycles. The smallest absolute Gasteiger partial charge is 0.244 e. The summed E-state index contributed by atoms with van der Waals surface area (Å²) >= 11 is 12.2. The van der Waals surface area contributed by atoms with Crippen LogP contribution in [0.25, 0.3) is 0 Å². The molecule has 0 bridgehead atoms. The molecule has 1 N–H and O–H groups in total. The number of hydrogen-bond acceptors (Lipinski definition) is 4. The molecule has 2 rings (SSSR count). The summed E-state index contributed by atoms with van der Waals surface area (Å²) in [5.41, 5.74) is 2.46. The van der Waals surface area contributed by atoms with Crippen molar-refractivity contribution in [3.63, 3.8) is 0 Å². The lowest BCUT2D eigenvalue weighted by atomic mass is 10.1. The van der Waals surface area contributed by atoms with E-state index in [0.29, 0.717) is 21.3 Å². The van der Waals surface area contributed by atoms with Crippen molar-refractivity contribution in [1.82, 2.24) is 10.2 Å². The molecule has 174 valence electrons. The van der Waals surface area contributed by atoms with Crippen LogP contribution in [-0.2, 0) is 26.2 Å². The molecular weight excluding hydrogens is 473 g/mol. The van der Waals surface area contributed by atoms with E-state index >= 15 is 0 Å². The lowest BCUT2D eigenvalue weighted by Gasteiger charge is -2.32. The van der Waals surface area contributed by atoms with Crippen molar-refractivity contribution in [2.75, 3.05) is 24.2 Å². The summed E-state index contributed by atoms with van der Waals surface area (Å²) in [6, 6.07) is 9.37. The monoisotopic (exact) mass is 499 g/mol. The minimum absolute atomic E-state index is 0.00772. The number of likely N-dealkylation sites (N-methyl/N-ethyl adjacent to an activating group) is 1. The lowest BCUT2D eigenvalue weighted by molar-refractivity contribution is -0.139. The average molecular weight is 500 g/mol. The molecule has 2 amide bonds. The SMILES string of the molecule is CNC(=O)[C@H](C)N(Cc1ccc(Cl)cc1Cl)C(=O)CN(c1c(C)cccc1C)S(C)(=O)=O. The number of rotatable bonds is 8. The Morgan fingerprint density at radius 1 is 1.09 bits per heavy atom. The van der Waals surface area contributed by atoms with Crippen molar-refractivity contribution < 1.29 is 18.0 Å². The second kappa shape index (κ2) is 10.6. The van der Waals surface area contributed by atoms with Gasteiger partial charge in [-0.3, -0.25) is 13.9 Å². The first kappa shape index (κ1) is 26.0. The number of nitrogens with one attached hydrogen (secondary N) is 1. The van der Waals surface area contributed by atoms with Crippen LogP contribution in [-0.4, -0.2) is 51.0 Å². The number of carbonyl (C=O) groups is 2. The van der Waals surface area contributed by atoms with Crippen LogP contribution in [0.15, 0.2) is 36.4 Å². The molecule has 0 fully saturated rings. The van der Waals surface area contributed by atoms with Crippen LogP contribution >= 0.6 is 23.2 Å². The zero-order valence-electron chi connectivity index (χ0n) is 18.6. The number of carbonyl (C=O) groups excluding carboxylic acids is 2. The van der Waals surface area contributed by atoms with Crippen molar-refractivity contribution in [2.45, 2.75) is 33.4 Å². The van der Waals surface area contributed by atoms with Crippen molar-refractivity contribution in [3.8, 4) is 0 Å². The first-order valence-electron chi connectivity index (χ1n) is 9.85. The third kappa shape index (κ3) is 6.15. The molecule has 0 saturated carbocycles. The minimum atomic E-state index is -3.79. The number of sulfonamides is 1. The number of para-hydroxylation sites is 1. The number of anilines is 1. The van der Waals surface area contributed by atoms with Gasteiger partial charge in [-0.05, 0) is 49.6 Å². The van der Waals surface area contributed by atoms with Crippen molar-refractivity contribution in [2.24, 2.45) is 0 Å². The Kier molecular flexibility index (Phi) is 8.56. The van der Waals surface area contributed by atoms with E-state index in [4.69, 9.17) is 23.2 Å². The van der Waals surface area contributed by atoms with Gasteiger partial charge in [-0.1, -0.05) is 47.5 Å². The number of amides is 2. The minimum Gasteiger partial charge on any atom is -0.357 e. The van der Waals surface area contributed by atoms with E-state index in [1.54, 1.807) is 51.1 Å². The van der Waals surface area contributed by atoms with Crippen LogP contribution in [0, 0.1) is 13.8 Å². The van der Waals surface area contributed by atoms with Crippen LogP contribution in [0.4, 0.5) is 5.69 Å². The van der Waals surface area contributed by atoms with Gasteiger partial charge in [0.1, 0.15) is 12.6 Å². The highest BCUT2D eigenvalue weighted by Crippen LogP contribution is 2.28. The maximum Gasteiger partial charge on any atom is 0.244 e. The normalized spacial score (nSPS) is 12.2. The average Bonchev–Trinajstić information content (AvgIpc) is 2.70. The predicted octanol–water partition coefficient (Wildman–Crippen LogP) is 3.54. The topological polar surface area (TPSA) is 86.8 Å². The third-order valence-corrected chi connectivity index (χ3v) is 6.84. The van der Waals surface area contributed by atoms with Crippen molar-refractivity contribution >= 4 is 50.7 Å². The van der Waals surface area contributed by atoms with Gasteiger partial charge in [0.2, 0.25) is 21.8 Å². The third-order valence-electron chi connectivity index (χ3n) is 5.14. The molecule has 7 nitrogen and oxygen atoms in total. The molecular formula is C22H27Cl2N3O4S. The van der Waals surface area contributed by atoms with Crippen LogP contribution in [0.1, 0.15) is 23.6 Å². The molecule has 2 aromatic rings. The van der Waals surface area contributed by atoms with E-state index in [1.807, 2.05) is 6.07 Å². The Hall–Kier alpha value is -2.29. The molecule has 0 saturated heterocycles. The van der Waals surface area contributed by atoms with Crippen LogP contribution in [0.5, 0.6) is 0 Å². The Bertz CT molecular complexity index is 1100. The van der Waals surface area contributed by atoms with E-state index in [0.717, 1.165) is 21.7 Å². The Morgan fingerprint density at radius 2 is 1.69 bits per heavy atom. The quantitative estimate of drug-likeness (QED) is 0.601. The van der Waals surface area contributed by atoms with Crippen LogP contribution in [0.2, 0.25) is 10.0 Å². The van der Waals surface area contributed by atoms with Crippen molar-refractivity contribution in [3.05, 3.63) is 63.1 Å².